The van der Waals surface area contributed by atoms with Crippen LogP contribution in [0.3, 0.4) is 0 Å². The van der Waals surface area contributed by atoms with E-state index in [-0.39, 0.29) is 6.67 Å². The van der Waals surface area contributed by atoms with Crippen LogP contribution < -0.4 is 0 Å². The molecule has 2 heteroatoms. The molecule has 0 nitrogen and oxygen atoms in total. The van der Waals surface area contributed by atoms with E-state index < -0.39 is 0 Å². The van der Waals surface area contributed by atoms with Crippen molar-refractivity contribution in [3.05, 3.63) is 6.67 Å². The number of unbranched alkanes of at least 4 members (excludes halogenated alkanes) is 3. The molecule has 0 saturated carbocycles. The lowest BCUT2D eigenvalue weighted by Crippen LogP contribution is -1.77. The van der Waals surface area contributed by atoms with Gasteiger partial charge in [-0.2, -0.15) is 0 Å². The van der Waals surface area contributed by atoms with Crippen LogP contribution in [0.4, 0.5) is 8.78 Å². The second-order valence-electron chi connectivity index (χ2n) is 1.63. The second kappa shape index (κ2) is 6.86. The van der Waals surface area contributed by atoms with Crippen LogP contribution in [0.2, 0.25) is 0 Å². The average Bonchev–Trinajstić information content (AvgIpc) is 1.81. The van der Waals surface area contributed by atoms with Crippen molar-refractivity contribution in [1.29, 1.82) is 0 Å². The van der Waals surface area contributed by atoms with Gasteiger partial charge < -0.3 is 0 Å². The van der Waals surface area contributed by atoms with E-state index in [1.807, 2.05) is 0 Å². The molecule has 0 aromatic carbocycles. The largest absolute Gasteiger partial charge is 0.251 e. The summed E-state index contributed by atoms with van der Waals surface area (Å²) >= 11 is 0. The lowest BCUT2D eigenvalue weighted by atomic mass is 10.2. The third-order valence-corrected chi connectivity index (χ3v) is 0.905. The highest BCUT2D eigenvalue weighted by Gasteiger charge is 1.87. The highest BCUT2D eigenvalue weighted by Crippen LogP contribution is 2.01. The van der Waals surface area contributed by atoms with Crippen LogP contribution in [0.1, 0.15) is 25.7 Å². The monoisotopic (exact) mass is 120 g/mol. The summed E-state index contributed by atoms with van der Waals surface area (Å²) in [5, 5.41) is 0. The number of alkyl halides is 1. The predicted octanol–water partition coefficient (Wildman–Crippen LogP) is 2.52. The number of hydrogen-bond acceptors (Lipinski definition) is 0. The Labute approximate surface area is 48.9 Å². The van der Waals surface area contributed by atoms with Crippen LogP contribution in [-0.4, -0.2) is 6.67 Å². The van der Waals surface area contributed by atoms with Gasteiger partial charge in [0.2, 0.25) is 0 Å². The molecule has 0 N–H and O–H groups in total. The van der Waals surface area contributed by atoms with E-state index in [9.17, 15) is 8.78 Å². The first-order chi connectivity index (χ1) is 3.91. The molecule has 8 heavy (non-hydrogen) atoms. The molecule has 2 radical (unpaired) electrons. The minimum Gasteiger partial charge on any atom is -0.251 e. The first-order valence-corrected chi connectivity index (χ1v) is 2.81. The van der Waals surface area contributed by atoms with Gasteiger partial charge in [0.1, 0.15) is 0 Å². The Morgan fingerprint density at radius 3 is 2.38 bits per heavy atom. The minimum absolute atomic E-state index is 0.285. The Kier molecular flexibility index (Phi) is 6.74. The topological polar surface area (TPSA) is 0 Å². The standard InChI is InChI=1S/C6H10F2/c7-5-3-1-2-4-6-8/h1-5H2. The highest BCUT2D eigenvalue weighted by molar-refractivity contribution is 4.47. The molecule has 0 aromatic rings. The molecule has 0 aliphatic carbocycles. The Balaban J connectivity index is 2.53. The fourth-order valence-electron chi connectivity index (χ4n) is 0.463. The van der Waals surface area contributed by atoms with Crippen molar-refractivity contribution in [2.75, 3.05) is 6.67 Å². The zero-order valence-corrected chi connectivity index (χ0v) is 4.79. The molecule has 0 amide bonds. The van der Waals surface area contributed by atoms with Crippen LogP contribution in [0, 0.1) is 6.67 Å². The van der Waals surface area contributed by atoms with E-state index in [4.69, 9.17) is 0 Å². The predicted molar refractivity (Wildman–Crippen MR) is 28.8 cm³/mol. The van der Waals surface area contributed by atoms with E-state index in [2.05, 4.69) is 0 Å². The quantitative estimate of drug-likeness (QED) is 0.489. The van der Waals surface area contributed by atoms with Gasteiger partial charge in [-0.05, 0) is 19.3 Å². The maximum Gasteiger partial charge on any atom is 0.185 e. The van der Waals surface area contributed by atoms with Crippen molar-refractivity contribution in [3.63, 3.8) is 0 Å². The van der Waals surface area contributed by atoms with E-state index in [1.165, 1.54) is 6.67 Å². The molecule has 0 unspecified atom stereocenters. The average molecular weight is 120 g/mol. The van der Waals surface area contributed by atoms with Crippen LogP contribution in [0.15, 0.2) is 0 Å². The van der Waals surface area contributed by atoms with Crippen molar-refractivity contribution in [2.24, 2.45) is 0 Å². The molecule has 0 spiro atoms. The van der Waals surface area contributed by atoms with Gasteiger partial charge in [0.05, 0.1) is 6.67 Å². The molecular formula is C6H10F2. The summed E-state index contributed by atoms with van der Waals surface area (Å²) in [5.41, 5.74) is 0. The molecule has 0 saturated heterocycles. The van der Waals surface area contributed by atoms with Gasteiger partial charge in [-0.25, -0.2) is 4.39 Å². The van der Waals surface area contributed by atoms with Crippen LogP contribution in [-0.2, 0) is 0 Å². The van der Waals surface area contributed by atoms with E-state index >= 15 is 0 Å². The SMILES string of the molecule is F[C]CCCCCF. The molecule has 0 fully saturated rings. The highest BCUT2D eigenvalue weighted by atomic mass is 19.1. The van der Waals surface area contributed by atoms with Gasteiger partial charge in [-0.3, -0.25) is 4.39 Å². The number of halogens is 2. The first-order valence-electron chi connectivity index (χ1n) is 2.81. The van der Waals surface area contributed by atoms with Crippen molar-refractivity contribution in [1.82, 2.24) is 0 Å². The summed E-state index contributed by atoms with van der Waals surface area (Å²) < 4.78 is 22.4. The summed E-state index contributed by atoms with van der Waals surface area (Å²) in [6.45, 7) is 1.22. The summed E-state index contributed by atoms with van der Waals surface area (Å²) in [6, 6.07) is 0. The van der Waals surface area contributed by atoms with Gasteiger partial charge >= 0.3 is 0 Å². The molecule has 0 heterocycles. The Morgan fingerprint density at radius 2 is 1.88 bits per heavy atom. The molecule has 0 rings (SSSR count). The van der Waals surface area contributed by atoms with Crippen LogP contribution >= 0.6 is 0 Å². The molecule has 0 bridgehead atoms. The van der Waals surface area contributed by atoms with Crippen molar-refractivity contribution in [2.45, 2.75) is 25.7 Å². The van der Waals surface area contributed by atoms with Gasteiger partial charge in [-0.1, -0.05) is 6.42 Å². The molecule has 0 aliphatic rings. The Hall–Kier alpha value is -0.140. The fraction of sp³-hybridized carbons (Fsp3) is 0.833. The van der Waals surface area contributed by atoms with Crippen LogP contribution in [0.25, 0.3) is 0 Å². The summed E-state index contributed by atoms with van der Waals surface area (Å²) in [6.07, 6.45) is 2.40. The fourth-order valence-corrected chi connectivity index (χ4v) is 0.463. The summed E-state index contributed by atoms with van der Waals surface area (Å²) in [7, 11) is 0. The zero-order chi connectivity index (χ0) is 6.24. The smallest absolute Gasteiger partial charge is 0.185 e. The van der Waals surface area contributed by atoms with Crippen LogP contribution in [0.5, 0.6) is 0 Å². The lowest BCUT2D eigenvalue weighted by molar-refractivity contribution is 0.448. The van der Waals surface area contributed by atoms with Gasteiger partial charge in [-0.15, -0.1) is 0 Å². The Morgan fingerprint density at radius 1 is 1.12 bits per heavy atom. The molecule has 0 aromatic heterocycles. The molecule has 0 aliphatic heterocycles. The normalized spacial score (nSPS) is 9.75. The summed E-state index contributed by atoms with van der Waals surface area (Å²) in [4.78, 5) is 0. The maximum absolute atomic E-state index is 11.3. The van der Waals surface area contributed by atoms with Crippen molar-refractivity contribution in [3.8, 4) is 0 Å². The molecular weight excluding hydrogens is 110 g/mol. The molecule has 48 valence electrons. The Bertz CT molecular complexity index is 31.5. The van der Waals surface area contributed by atoms with E-state index in [0.29, 0.717) is 12.8 Å². The zero-order valence-electron chi connectivity index (χ0n) is 4.79. The van der Waals surface area contributed by atoms with E-state index in [0.717, 1.165) is 12.8 Å². The third-order valence-electron chi connectivity index (χ3n) is 0.905. The van der Waals surface area contributed by atoms with Crippen molar-refractivity contribution >= 4 is 0 Å². The first kappa shape index (κ1) is 7.86. The number of rotatable bonds is 5. The van der Waals surface area contributed by atoms with Gasteiger partial charge in [0.25, 0.3) is 0 Å². The number of hydrogen-bond donors (Lipinski definition) is 0. The van der Waals surface area contributed by atoms with Gasteiger partial charge in [0, 0.05) is 0 Å². The maximum atomic E-state index is 11.3. The third kappa shape index (κ3) is 5.86. The minimum atomic E-state index is -0.285. The molecule has 0 atom stereocenters. The second-order valence-corrected chi connectivity index (χ2v) is 1.63. The van der Waals surface area contributed by atoms with Crippen molar-refractivity contribution < 1.29 is 8.78 Å². The van der Waals surface area contributed by atoms with E-state index in [1.54, 1.807) is 0 Å². The van der Waals surface area contributed by atoms with Gasteiger partial charge in [0.15, 0.2) is 6.67 Å². The summed E-state index contributed by atoms with van der Waals surface area (Å²) in [5.74, 6) is 0. The lowest BCUT2D eigenvalue weighted by Gasteiger charge is -1.90.